The van der Waals surface area contributed by atoms with Gasteiger partial charge in [0.15, 0.2) is 0 Å². The van der Waals surface area contributed by atoms with Crippen LogP contribution in [0.25, 0.3) is 0 Å². The van der Waals surface area contributed by atoms with Crippen LogP contribution >= 0.6 is 27.5 Å². The molecule has 0 unspecified atom stereocenters. The Bertz CT molecular complexity index is 777. The molecule has 3 rings (SSSR count). The summed E-state index contributed by atoms with van der Waals surface area (Å²) in [6.07, 6.45) is -0.299. The minimum atomic E-state index is -0.947. The van der Waals surface area contributed by atoms with Crippen LogP contribution in [0.5, 0.6) is 0 Å². The van der Waals surface area contributed by atoms with Gasteiger partial charge in [0.25, 0.3) is 0 Å². The van der Waals surface area contributed by atoms with Crippen molar-refractivity contribution in [1.29, 1.82) is 0 Å². The van der Waals surface area contributed by atoms with Crippen molar-refractivity contribution < 1.29 is 14.3 Å². The Hall–Kier alpha value is -1.86. The fourth-order valence-corrected chi connectivity index (χ4v) is 3.33. The maximum atomic E-state index is 13.5. The van der Waals surface area contributed by atoms with Gasteiger partial charge in [-0.3, -0.25) is 0 Å². The number of halogens is 3. The fourth-order valence-electron chi connectivity index (χ4n) is 2.82. The molecule has 1 aromatic heterocycles. The largest absolute Gasteiger partial charge is 0.465 e. The van der Waals surface area contributed by atoms with Gasteiger partial charge in [-0.1, -0.05) is 17.7 Å². The lowest BCUT2D eigenvalue weighted by molar-refractivity contribution is 0.155. The van der Waals surface area contributed by atoms with Crippen molar-refractivity contribution >= 4 is 45.1 Å². The lowest BCUT2D eigenvalue weighted by atomic mass is 10.1. The highest BCUT2D eigenvalue weighted by atomic mass is 79.9. The molecule has 0 saturated carbocycles. The zero-order valence-electron chi connectivity index (χ0n) is 12.5. The first-order chi connectivity index (χ1) is 11.5. The van der Waals surface area contributed by atoms with Crippen LogP contribution in [-0.4, -0.2) is 40.2 Å². The Morgan fingerprint density at radius 2 is 2.21 bits per heavy atom. The van der Waals surface area contributed by atoms with Crippen LogP contribution in [0.1, 0.15) is 6.42 Å². The molecule has 1 aromatic carbocycles. The molecule has 2 heterocycles. The van der Waals surface area contributed by atoms with E-state index in [2.05, 4.69) is 20.9 Å². The number of hydrogen-bond donors (Lipinski definition) is 1. The molecular formula is C16H14BrClFN3O2. The zero-order chi connectivity index (χ0) is 17.3. The average Bonchev–Trinajstić information content (AvgIpc) is 3.01. The van der Waals surface area contributed by atoms with Gasteiger partial charge >= 0.3 is 6.09 Å². The number of nitrogens with zero attached hydrogens (tertiary/aromatic N) is 3. The van der Waals surface area contributed by atoms with Crippen LogP contribution in [0.4, 0.5) is 20.7 Å². The molecule has 0 radical (unpaired) electrons. The normalized spacial score (nSPS) is 17.1. The predicted octanol–water partition coefficient (Wildman–Crippen LogP) is 4.53. The summed E-state index contributed by atoms with van der Waals surface area (Å²) in [5.74, 6) is 0.144. The van der Waals surface area contributed by atoms with E-state index in [1.165, 1.54) is 17.0 Å². The fraction of sp³-hybridized carbons (Fsp3) is 0.250. The number of aromatic nitrogens is 1. The van der Waals surface area contributed by atoms with Crippen molar-refractivity contribution in [2.24, 2.45) is 0 Å². The van der Waals surface area contributed by atoms with Gasteiger partial charge < -0.3 is 14.9 Å². The summed E-state index contributed by atoms with van der Waals surface area (Å²) in [7, 11) is 0. The number of likely N-dealkylation sites (tertiary alicyclic amines) is 1. The van der Waals surface area contributed by atoms with E-state index in [1.807, 2.05) is 17.0 Å². The summed E-state index contributed by atoms with van der Waals surface area (Å²) in [5.41, 5.74) is 0.671. The maximum absolute atomic E-state index is 13.5. The van der Waals surface area contributed by atoms with Crippen molar-refractivity contribution in [3.05, 3.63) is 51.8 Å². The Morgan fingerprint density at radius 3 is 2.83 bits per heavy atom. The standard InChI is InChI=1S/C16H14BrClFN3O2/c17-14-2-1-3-15(20-14)22(10-4-5-13(19)12(18)8-10)11-6-7-21(9-11)16(23)24/h1-5,8,11H,6-7,9H2,(H,23,24)/t11-/m0/s1. The van der Waals surface area contributed by atoms with Crippen molar-refractivity contribution in [2.45, 2.75) is 12.5 Å². The molecule has 5 nitrogen and oxygen atoms in total. The van der Waals surface area contributed by atoms with Crippen LogP contribution < -0.4 is 4.90 Å². The monoisotopic (exact) mass is 413 g/mol. The van der Waals surface area contributed by atoms with Crippen molar-refractivity contribution in [1.82, 2.24) is 9.88 Å². The minimum Gasteiger partial charge on any atom is -0.465 e. The molecule has 8 heteroatoms. The van der Waals surface area contributed by atoms with Gasteiger partial charge in [-0.2, -0.15) is 0 Å². The molecule has 1 aliphatic heterocycles. The van der Waals surface area contributed by atoms with E-state index >= 15 is 0 Å². The summed E-state index contributed by atoms with van der Waals surface area (Å²) in [6.45, 7) is 0.790. The zero-order valence-corrected chi connectivity index (χ0v) is 14.8. The molecule has 0 spiro atoms. The van der Waals surface area contributed by atoms with Gasteiger partial charge in [0, 0.05) is 18.8 Å². The molecule has 1 atom stereocenters. The quantitative estimate of drug-likeness (QED) is 0.750. The summed E-state index contributed by atoms with van der Waals surface area (Å²) >= 11 is 9.27. The second kappa shape index (κ2) is 6.94. The molecule has 1 saturated heterocycles. The Labute approximate surface area is 151 Å². The highest BCUT2D eigenvalue weighted by Crippen LogP contribution is 2.33. The van der Waals surface area contributed by atoms with Crippen LogP contribution in [0.2, 0.25) is 5.02 Å². The average molecular weight is 415 g/mol. The lowest BCUT2D eigenvalue weighted by Gasteiger charge is -2.30. The van der Waals surface area contributed by atoms with Crippen molar-refractivity contribution in [3.8, 4) is 0 Å². The molecule has 1 amide bonds. The molecule has 1 N–H and O–H groups in total. The third-order valence-corrected chi connectivity index (χ3v) is 4.66. The Morgan fingerprint density at radius 1 is 1.42 bits per heavy atom. The van der Waals surface area contributed by atoms with Gasteiger partial charge in [-0.25, -0.2) is 14.2 Å². The number of benzene rings is 1. The SMILES string of the molecule is O=C(O)N1CC[C@H](N(c2ccc(F)c(Cl)c2)c2cccc(Br)n2)C1. The molecule has 0 bridgehead atoms. The van der Waals surface area contributed by atoms with Gasteiger partial charge in [0.1, 0.15) is 16.2 Å². The first-order valence-electron chi connectivity index (χ1n) is 7.30. The van der Waals surface area contributed by atoms with Gasteiger partial charge in [-0.05, 0) is 52.7 Å². The summed E-state index contributed by atoms with van der Waals surface area (Å²) in [5, 5.41) is 9.21. The van der Waals surface area contributed by atoms with E-state index in [0.29, 0.717) is 35.6 Å². The molecule has 24 heavy (non-hydrogen) atoms. The number of carbonyl (C=O) groups is 1. The third kappa shape index (κ3) is 3.47. The number of carboxylic acid groups (broad SMARTS) is 1. The van der Waals surface area contributed by atoms with Crippen LogP contribution in [0.15, 0.2) is 41.0 Å². The van der Waals surface area contributed by atoms with E-state index in [9.17, 15) is 14.3 Å². The maximum Gasteiger partial charge on any atom is 0.407 e. The van der Waals surface area contributed by atoms with E-state index in [0.717, 1.165) is 0 Å². The number of pyridine rings is 1. The van der Waals surface area contributed by atoms with Gasteiger partial charge in [0.2, 0.25) is 0 Å². The number of amides is 1. The van der Waals surface area contributed by atoms with Crippen molar-refractivity contribution in [3.63, 3.8) is 0 Å². The van der Waals surface area contributed by atoms with Crippen LogP contribution in [0, 0.1) is 5.82 Å². The van der Waals surface area contributed by atoms with E-state index in [-0.39, 0.29) is 11.1 Å². The predicted molar refractivity (Wildman–Crippen MR) is 93.5 cm³/mol. The first kappa shape index (κ1) is 17.0. The topological polar surface area (TPSA) is 56.7 Å². The van der Waals surface area contributed by atoms with Crippen LogP contribution in [0.3, 0.4) is 0 Å². The molecule has 126 valence electrons. The summed E-state index contributed by atoms with van der Waals surface area (Å²) in [4.78, 5) is 18.9. The van der Waals surface area contributed by atoms with Gasteiger partial charge in [0.05, 0.1) is 11.1 Å². The smallest absolute Gasteiger partial charge is 0.407 e. The molecule has 1 aliphatic rings. The number of hydrogen-bond acceptors (Lipinski definition) is 3. The minimum absolute atomic E-state index is 0.0144. The molecule has 1 fully saturated rings. The Kier molecular flexibility index (Phi) is 4.91. The van der Waals surface area contributed by atoms with E-state index < -0.39 is 11.9 Å². The third-order valence-electron chi connectivity index (χ3n) is 3.93. The van der Waals surface area contributed by atoms with Gasteiger partial charge in [-0.15, -0.1) is 0 Å². The highest BCUT2D eigenvalue weighted by molar-refractivity contribution is 9.10. The highest BCUT2D eigenvalue weighted by Gasteiger charge is 2.32. The van der Waals surface area contributed by atoms with Crippen LogP contribution in [-0.2, 0) is 0 Å². The Balaban J connectivity index is 2.01. The number of anilines is 2. The molecular weight excluding hydrogens is 401 g/mol. The number of rotatable bonds is 3. The second-order valence-corrected chi connectivity index (χ2v) is 6.68. The molecule has 0 aliphatic carbocycles. The van der Waals surface area contributed by atoms with Crippen molar-refractivity contribution in [2.75, 3.05) is 18.0 Å². The summed E-state index contributed by atoms with van der Waals surface area (Å²) in [6, 6.07) is 9.81. The second-order valence-electron chi connectivity index (χ2n) is 5.46. The summed E-state index contributed by atoms with van der Waals surface area (Å²) < 4.78 is 14.2. The molecule has 2 aromatic rings. The lowest BCUT2D eigenvalue weighted by Crippen LogP contribution is -2.36. The van der Waals surface area contributed by atoms with E-state index in [4.69, 9.17) is 11.6 Å². The first-order valence-corrected chi connectivity index (χ1v) is 8.47. The van der Waals surface area contributed by atoms with E-state index in [1.54, 1.807) is 12.1 Å².